The Morgan fingerprint density at radius 1 is 1.45 bits per heavy atom. The van der Waals surface area contributed by atoms with Gasteiger partial charge in [-0.15, -0.1) is 0 Å². The second-order valence-electron chi connectivity index (χ2n) is 4.77. The summed E-state index contributed by atoms with van der Waals surface area (Å²) in [4.78, 5) is 0. The van der Waals surface area contributed by atoms with Gasteiger partial charge < -0.3 is 4.74 Å². The van der Waals surface area contributed by atoms with Crippen LogP contribution in [0, 0.1) is 5.41 Å². The molecule has 2 unspecified atom stereocenters. The van der Waals surface area contributed by atoms with E-state index in [-0.39, 0.29) is 5.60 Å². The molecule has 1 heteroatoms. The quantitative estimate of drug-likeness (QED) is 0.572. The number of epoxide rings is 1. The van der Waals surface area contributed by atoms with E-state index in [0.29, 0.717) is 11.5 Å². The molecule has 1 heterocycles. The topological polar surface area (TPSA) is 12.5 Å². The summed E-state index contributed by atoms with van der Waals surface area (Å²) in [5.74, 6) is 0. The summed E-state index contributed by atoms with van der Waals surface area (Å²) >= 11 is 0. The Balaban J connectivity index is 2.43. The van der Waals surface area contributed by atoms with Crippen LogP contribution < -0.4 is 0 Å². The van der Waals surface area contributed by atoms with Gasteiger partial charge in [0.1, 0.15) is 0 Å². The fraction of sp³-hybridized carbons (Fsp3) is 1.00. The SMILES string of the molecule is CCC(C)(C)CC1(C)OC1C. The lowest BCUT2D eigenvalue weighted by molar-refractivity contribution is 0.208. The molecule has 1 fully saturated rings. The van der Waals surface area contributed by atoms with Crippen LogP contribution in [0.5, 0.6) is 0 Å². The van der Waals surface area contributed by atoms with Crippen LogP contribution in [0.15, 0.2) is 0 Å². The first kappa shape index (κ1) is 9.05. The van der Waals surface area contributed by atoms with E-state index in [1.807, 2.05) is 0 Å². The van der Waals surface area contributed by atoms with Crippen LogP contribution in [0.2, 0.25) is 0 Å². The van der Waals surface area contributed by atoms with Gasteiger partial charge in [0, 0.05) is 0 Å². The molecule has 0 radical (unpaired) electrons. The van der Waals surface area contributed by atoms with E-state index in [1.165, 1.54) is 12.8 Å². The van der Waals surface area contributed by atoms with Crippen molar-refractivity contribution in [1.29, 1.82) is 0 Å². The van der Waals surface area contributed by atoms with Crippen LogP contribution in [-0.4, -0.2) is 11.7 Å². The van der Waals surface area contributed by atoms with Crippen LogP contribution >= 0.6 is 0 Å². The van der Waals surface area contributed by atoms with E-state index in [0.717, 1.165) is 0 Å². The molecule has 2 atom stereocenters. The van der Waals surface area contributed by atoms with Gasteiger partial charge in [-0.3, -0.25) is 0 Å². The average Bonchev–Trinajstić information content (AvgIpc) is 2.39. The van der Waals surface area contributed by atoms with Gasteiger partial charge in [0.05, 0.1) is 11.7 Å². The van der Waals surface area contributed by atoms with Crippen molar-refractivity contribution in [2.24, 2.45) is 5.41 Å². The second-order valence-corrected chi connectivity index (χ2v) is 4.77. The molecule has 0 aromatic heterocycles. The Bertz CT molecular complexity index is 143. The van der Waals surface area contributed by atoms with Gasteiger partial charge in [-0.05, 0) is 25.7 Å². The molecule has 0 N–H and O–H groups in total. The summed E-state index contributed by atoms with van der Waals surface area (Å²) in [6, 6.07) is 0. The molecule has 1 saturated heterocycles. The predicted octanol–water partition coefficient (Wildman–Crippen LogP) is 2.99. The first-order chi connectivity index (χ1) is 4.90. The zero-order valence-electron chi connectivity index (χ0n) is 8.40. The van der Waals surface area contributed by atoms with Crippen LogP contribution in [0.1, 0.15) is 47.5 Å². The normalized spacial score (nSPS) is 37.4. The van der Waals surface area contributed by atoms with Gasteiger partial charge in [-0.25, -0.2) is 0 Å². The molecule has 1 aliphatic rings. The van der Waals surface area contributed by atoms with Crippen LogP contribution in [0.3, 0.4) is 0 Å². The van der Waals surface area contributed by atoms with Crippen LogP contribution in [0.25, 0.3) is 0 Å². The van der Waals surface area contributed by atoms with Gasteiger partial charge in [-0.1, -0.05) is 27.2 Å². The van der Waals surface area contributed by atoms with E-state index in [2.05, 4.69) is 34.6 Å². The molecular weight excluding hydrogens is 136 g/mol. The average molecular weight is 156 g/mol. The lowest BCUT2D eigenvalue weighted by Crippen LogP contribution is -2.21. The molecule has 0 spiro atoms. The first-order valence-corrected chi connectivity index (χ1v) is 4.57. The van der Waals surface area contributed by atoms with Gasteiger partial charge >= 0.3 is 0 Å². The van der Waals surface area contributed by atoms with Crippen molar-refractivity contribution in [3.05, 3.63) is 0 Å². The van der Waals surface area contributed by atoms with E-state index in [9.17, 15) is 0 Å². The van der Waals surface area contributed by atoms with E-state index >= 15 is 0 Å². The molecule has 0 bridgehead atoms. The number of rotatable bonds is 3. The molecule has 0 aromatic carbocycles. The van der Waals surface area contributed by atoms with E-state index in [1.54, 1.807) is 0 Å². The Morgan fingerprint density at radius 3 is 2.18 bits per heavy atom. The number of hydrogen-bond donors (Lipinski definition) is 0. The van der Waals surface area contributed by atoms with Crippen molar-refractivity contribution in [2.75, 3.05) is 0 Å². The lowest BCUT2D eigenvalue weighted by atomic mass is 9.80. The Morgan fingerprint density at radius 2 is 1.91 bits per heavy atom. The third-order valence-electron chi connectivity index (χ3n) is 3.04. The molecule has 66 valence electrons. The highest BCUT2D eigenvalue weighted by atomic mass is 16.6. The molecule has 1 rings (SSSR count). The summed E-state index contributed by atoms with van der Waals surface area (Å²) in [5.41, 5.74) is 0.638. The minimum atomic E-state index is 0.194. The highest BCUT2D eigenvalue weighted by molar-refractivity contribution is 4.98. The largest absolute Gasteiger partial charge is 0.367 e. The molecule has 0 aromatic rings. The maximum absolute atomic E-state index is 5.54. The van der Waals surface area contributed by atoms with Crippen LogP contribution in [-0.2, 0) is 4.74 Å². The fourth-order valence-electron chi connectivity index (χ4n) is 1.63. The van der Waals surface area contributed by atoms with Gasteiger partial charge in [0.15, 0.2) is 0 Å². The maximum Gasteiger partial charge on any atom is 0.0922 e. The van der Waals surface area contributed by atoms with Crippen molar-refractivity contribution >= 4 is 0 Å². The molecule has 1 aliphatic heterocycles. The van der Waals surface area contributed by atoms with Gasteiger partial charge in [0.25, 0.3) is 0 Å². The zero-order valence-corrected chi connectivity index (χ0v) is 8.40. The Hall–Kier alpha value is -0.0400. The molecule has 0 aliphatic carbocycles. The molecule has 11 heavy (non-hydrogen) atoms. The Kier molecular flexibility index (Phi) is 2.04. The highest BCUT2D eigenvalue weighted by Gasteiger charge is 2.50. The summed E-state index contributed by atoms with van der Waals surface area (Å²) in [7, 11) is 0. The summed E-state index contributed by atoms with van der Waals surface area (Å²) in [6.07, 6.45) is 2.91. The monoisotopic (exact) mass is 156 g/mol. The van der Waals surface area contributed by atoms with Crippen LogP contribution in [0.4, 0.5) is 0 Å². The van der Waals surface area contributed by atoms with Crippen molar-refractivity contribution in [2.45, 2.75) is 59.2 Å². The lowest BCUT2D eigenvalue weighted by Gasteiger charge is -2.24. The molecule has 0 saturated carbocycles. The minimum Gasteiger partial charge on any atom is -0.367 e. The van der Waals surface area contributed by atoms with Crippen molar-refractivity contribution in [1.82, 2.24) is 0 Å². The molecular formula is C10H20O. The zero-order chi connectivity index (χ0) is 8.70. The summed E-state index contributed by atoms with van der Waals surface area (Å²) < 4.78 is 5.54. The van der Waals surface area contributed by atoms with E-state index in [4.69, 9.17) is 4.74 Å². The standard InChI is InChI=1S/C10H20O/c1-6-9(3,4)7-10(5)8(2)11-10/h8H,6-7H2,1-5H3. The maximum atomic E-state index is 5.54. The van der Waals surface area contributed by atoms with Crippen molar-refractivity contribution in [3.8, 4) is 0 Å². The third-order valence-corrected chi connectivity index (χ3v) is 3.04. The fourth-order valence-corrected chi connectivity index (χ4v) is 1.63. The Labute approximate surface area is 70.1 Å². The summed E-state index contributed by atoms with van der Waals surface area (Å²) in [6.45, 7) is 11.2. The van der Waals surface area contributed by atoms with Crippen molar-refractivity contribution < 1.29 is 4.74 Å². The van der Waals surface area contributed by atoms with Gasteiger partial charge in [0.2, 0.25) is 0 Å². The predicted molar refractivity (Wildman–Crippen MR) is 47.6 cm³/mol. The minimum absolute atomic E-state index is 0.194. The van der Waals surface area contributed by atoms with Gasteiger partial charge in [-0.2, -0.15) is 0 Å². The second kappa shape index (κ2) is 2.48. The highest BCUT2D eigenvalue weighted by Crippen LogP contribution is 2.45. The molecule has 1 nitrogen and oxygen atoms in total. The third kappa shape index (κ3) is 1.96. The van der Waals surface area contributed by atoms with E-state index < -0.39 is 0 Å². The summed E-state index contributed by atoms with van der Waals surface area (Å²) in [5, 5.41) is 0. The number of ether oxygens (including phenoxy) is 1. The first-order valence-electron chi connectivity index (χ1n) is 4.57. The van der Waals surface area contributed by atoms with Crippen molar-refractivity contribution in [3.63, 3.8) is 0 Å². The molecule has 0 amide bonds. The number of hydrogen-bond acceptors (Lipinski definition) is 1. The smallest absolute Gasteiger partial charge is 0.0922 e.